The van der Waals surface area contributed by atoms with Crippen LogP contribution in [0.4, 0.5) is 5.82 Å². The fraction of sp³-hybridized carbons (Fsp3) is 0.273. The molecular weight excluding hydrogens is 238 g/mol. The van der Waals surface area contributed by atoms with Crippen LogP contribution in [0, 0.1) is 0 Å². The van der Waals surface area contributed by atoms with Crippen LogP contribution in [0.1, 0.15) is 0 Å². The first-order valence-corrected chi connectivity index (χ1v) is 5.73. The van der Waals surface area contributed by atoms with Crippen molar-refractivity contribution in [1.29, 1.82) is 0 Å². The van der Waals surface area contributed by atoms with E-state index in [1.54, 1.807) is 6.20 Å². The van der Waals surface area contributed by atoms with Gasteiger partial charge in [-0.1, -0.05) is 11.6 Å². The third-order valence-corrected chi connectivity index (χ3v) is 3.32. The topological polar surface area (TPSA) is 53.7 Å². The van der Waals surface area contributed by atoms with E-state index in [-0.39, 0.29) is 5.66 Å². The summed E-state index contributed by atoms with van der Waals surface area (Å²) in [5, 5.41) is 8.69. The lowest BCUT2D eigenvalue weighted by Gasteiger charge is -2.36. The lowest BCUT2D eigenvalue weighted by atomic mass is 10.1. The summed E-state index contributed by atoms with van der Waals surface area (Å²) in [5.74, 6) is 0.878. The van der Waals surface area contributed by atoms with E-state index in [9.17, 15) is 0 Å². The first-order chi connectivity index (χ1) is 8.24. The maximum absolute atomic E-state index is 5.90. The molecule has 17 heavy (non-hydrogen) atoms. The second-order valence-corrected chi connectivity index (χ2v) is 4.84. The largest absolute Gasteiger partial charge is 0.346 e. The van der Waals surface area contributed by atoms with E-state index >= 15 is 0 Å². The molecule has 0 radical (unpaired) electrons. The quantitative estimate of drug-likeness (QED) is 0.774. The van der Waals surface area contributed by atoms with Gasteiger partial charge in [0, 0.05) is 5.02 Å². The van der Waals surface area contributed by atoms with Crippen LogP contribution in [0.15, 0.2) is 34.6 Å². The molecule has 2 aliphatic rings. The number of aromatic nitrogens is 2. The molecule has 2 aromatic rings. The zero-order valence-electron chi connectivity index (χ0n) is 8.84. The van der Waals surface area contributed by atoms with Crippen molar-refractivity contribution in [2.75, 3.05) is 18.0 Å². The van der Waals surface area contributed by atoms with Crippen molar-refractivity contribution in [2.45, 2.75) is 5.66 Å². The molecule has 84 valence electrons. The molecule has 0 bridgehead atoms. The Bertz CT molecular complexity index is 639. The Morgan fingerprint density at radius 2 is 2.00 bits per heavy atom. The zero-order chi connectivity index (χ0) is 11.5. The number of benzene rings is 1. The Kier molecular flexibility index (Phi) is 1.60. The molecule has 2 aliphatic heterocycles. The van der Waals surface area contributed by atoms with Gasteiger partial charge in [0.2, 0.25) is 5.66 Å². The number of hydrogen-bond acceptors (Lipinski definition) is 5. The second kappa shape index (κ2) is 2.92. The summed E-state index contributed by atoms with van der Waals surface area (Å²) in [5.41, 5.74) is 1.58. The third kappa shape index (κ3) is 1.39. The molecule has 1 aromatic heterocycles. The second-order valence-electron chi connectivity index (χ2n) is 4.40. The number of hydrogen-bond donors (Lipinski definition) is 0. The van der Waals surface area contributed by atoms with E-state index in [1.807, 2.05) is 18.2 Å². The summed E-state index contributed by atoms with van der Waals surface area (Å²) in [6.07, 6.45) is 1.77. The predicted octanol–water partition coefficient (Wildman–Crippen LogP) is 2.27. The summed E-state index contributed by atoms with van der Waals surface area (Å²) < 4.78 is 0. The molecule has 1 fully saturated rings. The van der Waals surface area contributed by atoms with Crippen molar-refractivity contribution in [1.82, 2.24) is 9.97 Å². The molecule has 0 amide bonds. The first kappa shape index (κ1) is 9.30. The van der Waals surface area contributed by atoms with Gasteiger partial charge < -0.3 is 4.90 Å². The zero-order valence-corrected chi connectivity index (χ0v) is 9.59. The minimum atomic E-state index is -0.101. The fourth-order valence-corrected chi connectivity index (χ4v) is 2.22. The van der Waals surface area contributed by atoms with Gasteiger partial charge in [0.1, 0.15) is 5.82 Å². The molecule has 5 nitrogen and oxygen atoms in total. The molecule has 0 N–H and O–H groups in total. The highest BCUT2D eigenvalue weighted by Gasteiger charge is 2.52. The van der Waals surface area contributed by atoms with E-state index in [1.165, 1.54) is 0 Å². The molecule has 0 unspecified atom stereocenters. The lowest BCUT2D eigenvalue weighted by molar-refractivity contribution is 0.457. The fourth-order valence-electron chi connectivity index (χ4n) is 2.05. The van der Waals surface area contributed by atoms with Gasteiger partial charge in [-0.3, -0.25) is 4.98 Å². The summed E-state index contributed by atoms with van der Waals surface area (Å²) in [6.45, 7) is 1.64. The van der Waals surface area contributed by atoms with Crippen LogP contribution in [0.5, 0.6) is 0 Å². The highest BCUT2D eigenvalue weighted by molar-refractivity contribution is 6.31. The van der Waals surface area contributed by atoms with E-state index in [0.29, 0.717) is 5.02 Å². The van der Waals surface area contributed by atoms with E-state index in [2.05, 4.69) is 25.1 Å². The van der Waals surface area contributed by atoms with Crippen molar-refractivity contribution in [3.63, 3.8) is 0 Å². The maximum atomic E-state index is 5.90. The number of anilines is 1. The molecule has 1 saturated heterocycles. The van der Waals surface area contributed by atoms with Gasteiger partial charge in [0.05, 0.1) is 30.3 Å². The van der Waals surface area contributed by atoms with Gasteiger partial charge in [-0.2, -0.15) is 10.2 Å². The van der Waals surface area contributed by atoms with Crippen molar-refractivity contribution >= 4 is 28.5 Å². The van der Waals surface area contributed by atoms with Crippen LogP contribution in [0.2, 0.25) is 5.02 Å². The molecule has 6 heteroatoms. The normalized spacial score (nSPS) is 19.7. The molecule has 1 spiro atoms. The van der Waals surface area contributed by atoms with Crippen LogP contribution >= 0.6 is 11.6 Å². The Morgan fingerprint density at radius 3 is 2.76 bits per heavy atom. The summed E-state index contributed by atoms with van der Waals surface area (Å²) >= 11 is 5.90. The third-order valence-electron chi connectivity index (χ3n) is 3.09. The van der Waals surface area contributed by atoms with Crippen molar-refractivity contribution in [2.24, 2.45) is 10.2 Å². The number of nitrogens with zero attached hydrogens (tertiary/aromatic N) is 5. The Labute approximate surface area is 102 Å². The maximum Gasteiger partial charge on any atom is 0.225 e. The summed E-state index contributed by atoms with van der Waals surface area (Å²) in [7, 11) is 0. The van der Waals surface area contributed by atoms with E-state index < -0.39 is 0 Å². The SMILES string of the molecule is Clc1ccc2nc(N3CC4(C3)N=N4)cnc2c1. The predicted molar refractivity (Wildman–Crippen MR) is 64.3 cm³/mol. The highest BCUT2D eigenvalue weighted by atomic mass is 35.5. The smallest absolute Gasteiger partial charge is 0.225 e. The minimum absolute atomic E-state index is 0.101. The Hall–Kier alpha value is -1.75. The monoisotopic (exact) mass is 245 g/mol. The van der Waals surface area contributed by atoms with E-state index in [4.69, 9.17) is 11.6 Å². The first-order valence-electron chi connectivity index (χ1n) is 5.36. The highest BCUT2D eigenvalue weighted by Crippen LogP contribution is 2.39. The average Bonchev–Trinajstić information content (AvgIpc) is 3.06. The average molecular weight is 246 g/mol. The molecule has 3 heterocycles. The van der Waals surface area contributed by atoms with Crippen molar-refractivity contribution in [3.8, 4) is 0 Å². The van der Waals surface area contributed by atoms with Crippen LogP contribution in [-0.4, -0.2) is 28.7 Å². The van der Waals surface area contributed by atoms with E-state index in [0.717, 1.165) is 29.9 Å². The van der Waals surface area contributed by atoms with Gasteiger partial charge >= 0.3 is 0 Å². The van der Waals surface area contributed by atoms with Gasteiger partial charge in [0.25, 0.3) is 0 Å². The summed E-state index contributed by atoms with van der Waals surface area (Å²) in [6, 6.07) is 5.53. The molecular formula is C11H8ClN5. The molecule has 4 rings (SSSR count). The number of rotatable bonds is 1. The lowest BCUT2D eigenvalue weighted by Crippen LogP contribution is -2.54. The number of halogens is 1. The Balaban J connectivity index is 1.70. The standard InChI is InChI=1S/C11H8ClN5/c12-7-1-2-8-9(3-7)13-4-10(14-8)17-5-11(6-17)15-16-11/h1-4H,5-6H2. The molecule has 0 aliphatic carbocycles. The Morgan fingerprint density at radius 1 is 1.18 bits per heavy atom. The minimum Gasteiger partial charge on any atom is -0.346 e. The van der Waals surface area contributed by atoms with Crippen LogP contribution in [0.25, 0.3) is 11.0 Å². The number of fused-ring (bicyclic) bond motifs is 1. The van der Waals surface area contributed by atoms with Crippen LogP contribution in [-0.2, 0) is 0 Å². The summed E-state index contributed by atoms with van der Waals surface area (Å²) in [4.78, 5) is 11.0. The van der Waals surface area contributed by atoms with Crippen LogP contribution < -0.4 is 4.90 Å². The molecule has 0 saturated carbocycles. The molecule has 0 atom stereocenters. The van der Waals surface area contributed by atoms with Gasteiger partial charge in [0.15, 0.2) is 0 Å². The van der Waals surface area contributed by atoms with Crippen molar-refractivity contribution in [3.05, 3.63) is 29.4 Å². The van der Waals surface area contributed by atoms with Crippen molar-refractivity contribution < 1.29 is 0 Å². The van der Waals surface area contributed by atoms with Gasteiger partial charge in [-0.25, -0.2) is 4.98 Å². The van der Waals surface area contributed by atoms with Crippen LogP contribution in [0.3, 0.4) is 0 Å². The molecule has 1 aromatic carbocycles. The van der Waals surface area contributed by atoms with Gasteiger partial charge in [-0.05, 0) is 18.2 Å². The van der Waals surface area contributed by atoms with Gasteiger partial charge in [-0.15, -0.1) is 0 Å².